The van der Waals surface area contributed by atoms with Crippen LogP contribution < -0.4 is 15.0 Å². The molecule has 0 fully saturated rings. The second-order valence-electron chi connectivity index (χ2n) is 6.80. The molecule has 2 aromatic heterocycles. The van der Waals surface area contributed by atoms with Crippen molar-refractivity contribution in [3.63, 3.8) is 0 Å². The molecule has 0 radical (unpaired) electrons. The maximum atomic E-state index is 13.4. The van der Waals surface area contributed by atoms with E-state index < -0.39 is 5.91 Å². The van der Waals surface area contributed by atoms with Gasteiger partial charge in [-0.15, -0.1) is 11.3 Å². The molecule has 0 bridgehead atoms. The molecule has 7 nitrogen and oxygen atoms in total. The van der Waals surface area contributed by atoms with Crippen LogP contribution >= 0.6 is 22.9 Å². The smallest absolute Gasteiger partial charge is 0.265 e. The number of amides is 2. The van der Waals surface area contributed by atoms with Crippen LogP contribution in [0.1, 0.15) is 0 Å². The van der Waals surface area contributed by atoms with E-state index in [9.17, 15) is 14.0 Å². The minimum absolute atomic E-state index is 0.162. The Labute approximate surface area is 184 Å². The molecule has 0 saturated heterocycles. The van der Waals surface area contributed by atoms with Gasteiger partial charge in [0.1, 0.15) is 29.6 Å². The molecule has 0 atom stereocenters. The summed E-state index contributed by atoms with van der Waals surface area (Å²) < 4.78 is 20.5. The number of benzene rings is 2. The lowest BCUT2D eigenvalue weighted by atomic mass is 10.1. The molecule has 3 heterocycles. The largest absolute Gasteiger partial charge is 0.482 e. The molecule has 31 heavy (non-hydrogen) atoms. The van der Waals surface area contributed by atoms with Gasteiger partial charge in [0.05, 0.1) is 5.69 Å². The first kappa shape index (κ1) is 19.5. The molecule has 1 aliphatic rings. The number of carbonyl (C=O) groups is 2. The molecule has 2 amide bonds. The zero-order valence-corrected chi connectivity index (χ0v) is 17.4. The van der Waals surface area contributed by atoms with E-state index in [4.69, 9.17) is 16.3 Å². The maximum absolute atomic E-state index is 13.4. The second kappa shape index (κ2) is 7.68. The van der Waals surface area contributed by atoms with Gasteiger partial charge < -0.3 is 10.1 Å². The minimum Gasteiger partial charge on any atom is -0.482 e. The summed E-state index contributed by atoms with van der Waals surface area (Å²) in [5.41, 5.74) is 1.61. The van der Waals surface area contributed by atoms with Gasteiger partial charge in [-0.2, -0.15) is 0 Å². The van der Waals surface area contributed by atoms with Gasteiger partial charge in [-0.25, -0.2) is 9.37 Å². The normalized spacial score (nSPS) is 13.2. The van der Waals surface area contributed by atoms with Crippen molar-refractivity contribution in [2.24, 2.45) is 0 Å². The number of anilines is 2. The lowest BCUT2D eigenvalue weighted by Crippen LogP contribution is -2.43. The number of aromatic nitrogens is 2. The number of halogens is 2. The predicted octanol–water partition coefficient (Wildman–Crippen LogP) is 4.22. The van der Waals surface area contributed by atoms with Crippen molar-refractivity contribution < 1.29 is 18.7 Å². The zero-order chi connectivity index (χ0) is 21.5. The second-order valence-corrected chi connectivity index (χ2v) is 8.11. The number of carbonyl (C=O) groups excluding carboxylic acids is 2. The van der Waals surface area contributed by atoms with Crippen molar-refractivity contribution in [3.8, 4) is 17.0 Å². The molecule has 1 N–H and O–H groups in total. The summed E-state index contributed by atoms with van der Waals surface area (Å²) in [5, 5.41) is 5.12. The number of imidazole rings is 1. The topological polar surface area (TPSA) is 75.9 Å². The van der Waals surface area contributed by atoms with E-state index in [2.05, 4.69) is 10.3 Å². The Bertz CT molecular complexity index is 1320. The average Bonchev–Trinajstić information content (AvgIpc) is 3.34. The lowest BCUT2D eigenvalue weighted by molar-refractivity contribution is -0.123. The molecule has 0 unspecified atom stereocenters. The van der Waals surface area contributed by atoms with E-state index in [1.165, 1.54) is 28.4 Å². The molecule has 5 rings (SSSR count). The standard InChI is InChI=1S/C21H14ClFN4O3S/c22-13-3-6-16-15(9-13)27(18(29)11-30-16)10-17(28)24-20-19(12-1-4-14(23)5-2-12)25-21-26(20)7-8-31-21/h1-9H,10-11H2,(H,24,28). The van der Waals surface area contributed by atoms with Gasteiger partial charge in [0, 0.05) is 22.2 Å². The highest BCUT2D eigenvalue weighted by atomic mass is 35.5. The van der Waals surface area contributed by atoms with E-state index >= 15 is 0 Å². The predicted molar refractivity (Wildman–Crippen MR) is 116 cm³/mol. The highest BCUT2D eigenvalue weighted by Crippen LogP contribution is 2.35. The van der Waals surface area contributed by atoms with Gasteiger partial charge in [-0.3, -0.25) is 18.9 Å². The summed E-state index contributed by atoms with van der Waals surface area (Å²) >= 11 is 7.47. The maximum Gasteiger partial charge on any atom is 0.265 e. The van der Waals surface area contributed by atoms with Crippen LogP contribution in [0.4, 0.5) is 15.9 Å². The Morgan fingerprint density at radius 2 is 2.06 bits per heavy atom. The fourth-order valence-corrected chi connectivity index (χ4v) is 4.26. The molecular weight excluding hydrogens is 443 g/mol. The number of hydrogen-bond acceptors (Lipinski definition) is 5. The molecule has 156 valence electrons. The third kappa shape index (κ3) is 3.62. The van der Waals surface area contributed by atoms with Crippen molar-refractivity contribution in [2.75, 3.05) is 23.4 Å². The molecule has 2 aromatic carbocycles. The quantitative estimate of drug-likeness (QED) is 0.499. The molecular formula is C21H14ClFN4O3S. The summed E-state index contributed by atoms with van der Waals surface area (Å²) in [6, 6.07) is 10.8. The van der Waals surface area contributed by atoms with E-state index in [0.717, 1.165) is 0 Å². The molecule has 0 saturated carbocycles. The summed E-state index contributed by atoms with van der Waals surface area (Å²) in [6.07, 6.45) is 1.78. The van der Waals surface area contributed by atoms with Crippen LogP contribution in [-0.2, 0) is 9.59 Å². The highest BCUT2D eigenvalue weighted by molar-refractivity contribution is 7.15. The third-order valence-electron chi connectivity index (χ3n) is 4.80. The van der Waals surface area contributed by atoms with Gasteiger partial charge in [0.15, 0.2) is 11.6 Å². The first-order valence-electron chi connectivity index (χ1n) is 9.23. The van der Waals surface area contributed by atoms with Crippen molar-refractivity contribution in [3.05, 3.63) is 64.9 Å². The van der Waals surface area contributed by atoms with Crippen molar-refractivity contribution in [1.29, 1.82) is 0 Å². The Hall–Kier alpha value is -3.43. The zero-order valence-electron chi connectivity index (χ0n) is 15.8. The van der Waals surface area contributed by atoms with Crippen LogP contribution in [0.5, 0.6) is 5.75 Å². The lowest BCUT2D eigenvalue weighted by Gasteiger charge is -2.29. The number of fused-ring (bicyclic) bond motifs is 2. The summed E-state index contributed by atoms with van der Waals surface area (Å²) in [5.74, 6) is -0.207. The SMILES string of the molecule is O=C(CN1C(=O)COc2ccc(Cl)cc21)Nc1c(-c2ccc(F)cc2)nc2sccn12. The third-order valence-corrected chi connectivity index (χ3v) is 5.79. The Morgan fingerprint density at radius 3 is 2.87 bits per heavy atom. The fourth-order valence-electron chi connectivity index (χ4n) is 3.38. The van der Waals surface area contributed by atoms with Crippen LogP contribution in [0, 0.1) is 5.82 Å². The van der Waals surface area contributed by atoms with Crippen LogP contribution in [-0.4, -0.2) is 34.4 Å². The Morgan fingerprint density at radius 1 is 1.26 bits per heavy atom. The Kier molecular flexibility index (Phi) is 4.84. The number of nitrogens with zero attached hydrogens (tertiary/aromatic N) is 3. The highest BCUT2D eigenvalue weighted by Gasteiger charge is 2.28. The van der Waals surface area contributed by atoms with E-state index in [-0.39, 0.29) is 24.9 Å². The van der Waals surface area contributed by atoms with Crippen molar-refractivity contribution >= 4 is 51.2 Å². The minimum atomic E-state index is -0.419. The van der Waals surface area contributed by atoms with Gasteiger partial charge in [0.25, 0.3) is 5.91 Å². The molecule has 0 spiro atoms. The van der Waals surface area contributed by atoms with Crippen LogP contribution in [0.15, 0.2) is 54.0 Å². The average molecular weight is 457 g/mol. The first-order chi connectivity index (χ1) is 15.0. The van der Waals surface area contributed by atoms with Crippen molar-refractivity contribution in [2.45, 2.75) is 0 Å². The number of thiazole rings is 1. The van der Waals surface area contributed by atoms with E-state index in [0.29, 0.717) is 38.5 Å². The fraction of sp³-hybridized carbons (Fsp3) is 0.0952. The summed E-state index contributed by atoms with van der Waals surface area (Å²) in [7, 11) is 0. The summed E-state index contributed by atoms with van der Waals surface area (Å²) in [6.45, 7) is -0.389. The van der Waals surface area contributed by atoms with Crippen LogP contribution in [0.2, 0.25) is 5.02 Å². The van der Waals surface area contributed by atoms with E-state index in [1.54, 1.807) is 40.9 Å². The van der Waals surface area contributed by atoms with Gasteiger partial charge in [-0.05, 0) is 42.5 Å². The number of ether oxygens (including phenoxy) is 1. The molecule has 4 aromatic rings. The molecule has 10 heteroatoms. The molecule has 0 aliphatic carbocycles. The van der Waals surface area contributed by atoms with Gasteiger partial charge >= 0.3 is 0 Å². The van der Waals surface area contributed by atoms with E-state index in [1.807, 2.05) is 5.38 Å². The van der Waals surface area contributed by atoms with Gasteiger partial charge in [-0.1, -0.05) is 11.6 Å². The Balaban J connectivity index is 1.46. The first-order valence-corrected chi connectivity index (χ1v) is 10.5. The summed E-state index contributed by atoms with van der Waals surface area (Å²) in [4.78, 5) is 31.9. The van der Waals surface area contributed by atoms with Crippen LogP contribution in [0.25, 0.3) is 16.2 Å². The number of rotatable bonds is 4. The number of nitrogens with one attached hydrogen (secondary N) is 1. The van der Waals surface area contributed by atoms with Crippen molar-refractivity contribution in [1.82, 2.24) is 9.38 Å². The monoisotopic (exact) mass is 456 g/mol. The number of hydrogen-bond donors (Lipinski definition) is 1. The van der Waals surface area contributed by atoms with Crippen LogP contribution in [0.3, 0.4) is 0 Å². The van der Waals surface area contributed by atoms with Gasteiger partial charge in [0.2, 0.25) is 5.91 Å². The molecule has 1 aliphatic heterocycles.